The lowest BCUT2D eigenvalue weighted by molar-refractivity contribution is -0.120. The van der Waals surface area contributed by atoms with Crippen molar-refractivity contribution in [3.05, 3.63) is 41.9 Å². The lowest BCUT2D eigenvalue weighted by Gasteiger charge is -2.32. The monoisotopic (exact) mass is 485 g/mol. The molecule has 33 heavy (non-hydrogen) atoms. The smallest absolute Gasteiger partial charge is 0.243 e. The van der Waals surface area contributed by atoms with E-state index in [4.69, 9.17) is 4.98 Å². The van der Waals surface area contributed by atoms with E-state index in [0.717, 1.165) is 55.4 Å². The molecule has 5 rings (SSSR count). The minimum atomic E-state index is -3.48. The van der Waals surface area contributed by atoms with Crippen molar-refractivity contribution in [2.45, 2.75) is 37.0 Å². The van der Waals surface area contributed by atoms with Crippen LogP contribution in [0.15, 0.2) is 46.8 Å². The second-order valence-electron chi connectivity index (χ2n) is 8.60. The molecule has 1 atom stereocenters. The van der Waals surface area contributed by atoms with Gasteiger partial charge in [-0.3, -0.25) is 4.79 Å². The molecule has 8 nitrogen and oxygen atoms in total. The standard InChI is InChI=1S/C23H27N5O3S2/c29-22(26-23-24-10-14-32-23)18-5-4-11-27(16-18)21-9-6-17-15-19(7-8-20(17)25-21)33(30,31)28-12-2-1-3-13-28/h6-10,14-15,18H,1-5,11-13,16H2,(H,24,26,29)/t18-/m1/s1. The van der Waals surface area contributed by atoms with Gasteiger partial charge in [0.1, 0.15) is 5.82 Å². The van der Waals surface area contributed by atoms with E-state index >= 15 is 0 Å². The highest BCUT2D eigenvalue weighted by Gasteiger charge is 2.28. The topological polar surface area (TPSA) is 95.5 Å². The molecule has 2 saturated heterocycles. The van der Waals surface area contributed by atoms with Crippen LogP contribution in [-0.4, -0.2) is 54.8 Å². The largest absolute Gasteiger partial charge is 0.356 e. The zero-order chi connectivity index (χ0) is 22.8. The molecular weight excluding hydrogens is 458 g/mol. The summed E-state index contributed by atoms with van der Waals surface area (Å²) in [7, 11) is -3.48. The van der Waals surface area contributed by atoms with Crippen molar-refractivity contribution in [3.8, 4) is 0 Å². The second-order valence-corrected chi connectivity index (χ2v) is 11.4. The molecule has 10 heteroatoms. The Hall–Kier alpha value is -2.56. The van der Waals surface area contributed by atoms with Crippen LogP contribution >= 0.6 is 11.3 Å². The number of carbonyl (C=O) groups is 1. The van der Waals surface area contributed by atoms with Gasteiger partial charge >= 0.3 is 0 Å². The number of fused-ring (bicyclic) bond motifs is 1. The van der Waals surface area contributed by atoms with E-state index in [0.29, 0.717) is 29.7 Å². The third-order valence-electron chi connectivity index (χ3n) is 6.38. The number of thiazole rings is 1. The Morgan fingerprint density at radius 1 is 1.06 bits per heavy atom. The molecule has 0 spiro atoms. The van der Waals surface area contributed by atoms with Crippen molar-refractivity contribution in [1.82, 2.24) is 14.3 Å². The zero-order valence-electron chi connectivity index (χ0n) is 18.3. The van der Waals surface area contributed by atoms with Crippen molar-refractivity contribution in [1.29, 1.82) is 0 Å². The normalized spacial score (nSPS) is 20.1. The lowest BCUT2D eigenvalue weighted by Crippen LogP contribution is -2.41. The highest BCUT2D eigenvalue weighted by atomic mass is 32.2. The first kappa shape index (κ1) is 22.2. The number of aromatic nitrogens is 2. The van der Waals surface area contributed by atoms with E-state index in [-0.39, 0.29) is 11.8 Å². The van der Waals surface area contributed by atoms with E-state index in [9.17, 15) is 13.2 Å². The molecule has 1 aromatic carbocycles. The Labute approximate surface area is 197 Å². The molecule has 0 unspecified atom stereocenters. The predicted octanol–water partition coefficient (Wildman–Crippen LogP) is 3.72. The molecule has 4 heterocycles. The van der Waals surface area contributed by atoms with Crippen molar-refractivity contribution in [3.63, 3.8) is 0 Å². The van der Waals surface area contributed by atoms with Crippen LogP contribution in [0.5, 0.6) is 0 Å². The van der Waals surface area contributed by atoms with Crippen LogP contribution in [0.2, 0.25) is 0 Å². The van der Waals surface area contributed by atoms with Crippen molar-refractivity contribution in [2.75, 3.05) is 36.4 Å². The van der Waals surface area contributed by atoms with Gasteiger partial charge in [0, 0.05) is 43.1 Å². The average molecular weight is 486 g/mol. The molecular formula is C23H27N5O3S2. The summed E-state index contributed by atoms with van der Waals surface area (Å²) in [5.41, 5.74) is 0.749. The van der Waals surface area contributed by atoms with Gasteiger partial charge in [0.25, 0.3) is 0 Å². The number of nitrogens with one attached hydrogen (secondary N) is 1. The van der Waals surface area contributed by atoms with Gasteiger partial charge in [-0.1, -0.05) is 6.42 Å². The fraction of sp³-hybridized carbons (Fsp3) is 0.435. The van der Waals surface area contributed by atoms with Crippen molar-refractivity contribution < 1.29 is 13.2 Å². The Bertz CT molecular complexity index is 1240. The first-order valence-electron chi connectivity index (χ1n) is 11.4. The molecule has 2 aromatic heterocycles. The number of pyridine rings is 1. The van der Waals surface area contributed by atoms with Crippen molar-refractivity contribution >= 4 is 49.1 Å². The minimum absolute atomic E-state index is 0.0111. The van der Waals surface area contributed by atoms with Gasteiger partial charge in [-0.25, -0.2) is 18.4 Å². The summed E-state index contributed by atoms with van der Waals surface area (Å²) in [6, 6.07) is 9.00. The number of anilines is 2. The summed E-state index contributed by atoms with van der Waals surface area (Å²) in [6.07, 6.45) is 6.32. The Morgan fingerprint density at radius 2 is 1.91 bits per heavy atom. The van der Waals surface area contributed by atoms with E-state index in [1.807, 2.05) is 17.5 Å². The van der Waals surface area contributed by atoms with Crippen LogP contribution in [0.3, 0.4) is 0 Å². The zero-order valence-corrected chi connectivity index (χ0v) is 19.9. The van der Waals surface area contributed by atoms with E-state index < -0.39 is 10.0 Å². The van der Waals surface area contributed by atoms with Gasteiger partial charge in [-0.15, -0.1) is 11.3 Å². The van der Waals surface area contributed by atoms with Crippen LogP contribution in [0.4, 0.5) is 10.9 Å². The van der Waals surface area contributed by atoms with Crippen LogP contribution in [0.25, 0.3) is 10.9 Å². The van der Waals surface area contributed by atoms with Crippen LogP contribution in [-0.2, 0) is 14.8 Å². The van der Waals surface area contributed by atoms with Gasteiger partial charge in [0.15, 0.2) is 5.13 Å². The number of carbonyl (C=O) groups excluding carboxylic acids is 1. The molecule has 0 aliphatic carbocycles. The fourth-order valence-electron chi connectivity index (χ4n) is 4.58. The summed E-state index contributed by atoms with van der Waals surface area (Å²) >= 11 is 1.41. The van der Waals surface area contributed by atoms with E-state index in [1.165, 1.54) is 11.3 Å². The maximum Gasteiger partial charge on any atom is 0.243 e. The Morgan fingerprint density at radius 3 is 2.70 bits per heavy atom. The highest BCUT2D eigenvalue weighted by Crippen LogP contribution is 2.28. The molecule has 1 N–H and O–H groups in total. The number of benzene rings is 1. The molecule has 0 bridgehead atoms. The summed E-state index contributed by atoms with van der Waals surface area (Å²) in [5, 5.41) is 6.16. The average Bonchev–Trinajstić information content (AvgIpc) is 3.37. The second kappa shape index (κ2) is 9.36. The lowest BCUT2D eigenvalue weighted by atomic mass is 9.97. The molecule has 0 radical (unpaired) electrons. The number of amides is 1. The third kappa shape index (κ3) is 4.73. The molecule has 2 aliphatic heterocycles. The molecule has 174 valence electrons. The number of hydrogen-bond donors (Lipinski definition) is 1. The maximum absolute atomic E-state index is 13.0. The predicted molar refractivity (Wildman–Crippen MR) is 130 cm³/mol. The molecule has 2 fully saturated rings. The Balaban J connectivity index is 1.33. The summed E-state index contributed by atoms with van der Waals surface area (Å²) in [6.45, 7) is 2.60. The first-order chi connectivity index (χ1) is 16.0. The number of sulfonamides is 1. The number of hydrogen-bond acceptors (Lipinski definition) is 7. The Kier molecular flexibility index (Phi) is 6.31. The van der Waals surface area contributed by atoms with Gasteiger partial charge in [-0.05, 0) is 56.0 Å². The highest BCUT2D eigenvalue weighted by molar-refractivity contribution is 7.89. The summed E-state index contributed by atoms with van der Waals surface area (Å²) < 4.78 is 27.6. The van der Waals surface area contributed by atoms with Crippen LogP contribution in [0, 0.1) is 5.92 Å². The van der Waals surface area contributed by atoms with Crippen LogP contribution < -0.4 is 10.2 Å². The van der Waals surface area contributed by atoms with Crippen LogP contribution in [0.1, 0.15) is 32.1 Å². The molecule has 3 aromatic rings. The number of nitrogens with zero attached hydrogens (tertiary/aromatic N) is 4. The van der Waals surface area contributed by atoms with Gasteiger partial charge in [-0.2, -0.15) is 4.31 Å². The molecule has 0 saturated carbocycles. The fourth-order valence-corrected chi connectivity index (χ4v) is 6.66. The summed E-state index contributed by atoms with van der Waals surface area (Å²) in [5.74, 6) is 0.668. The first-order valence-corrected chi connectivity index (χ1v) is 13.7. The van der Waals surface area contributed by atoms with Gasteiger partial charge < -0.3 is 10.2 Å². The molecule has 1 amide bonds. The number of rotatable bonds is 5. The molecule has 2 aliphatic rings. The summed E-state index contributed by atoms with van der Waals surface area (Å²) in [4.78, 5) is 24.0. The quantitative estimate of drug-likeness (QED) is 0.592. The van der Waals surface area contributed by atoms with Gasteiger partial charge in [0.05, 0.1) is 16.3 Å². The SMILES string of the molecule is O=C(Nc1nccs1)[C@@H]1CCCN(c2ccc3cc(S(=O)(=O)N4CCCCC4)ccc3n2)C1. The number of piperidine rings is 2. The minimum Gasteiger partial charge on any atom is -0.356 e. The van der Waals surface area contributed by atoms with Crippen molar-refractivity contribution in [2.24, 2.45) is 5.92 Å². The van der Waals surface area contributed by atoms with E-state index in [1.54, 1.807) is 28.7 Å². The third-order valence-corrected chi connectivity index (χ3v) is 8.96. The maximum atomic E-state index is 13.0. The van der Waals surface area contributed by atoms with E-state index in [2.05, 4.69) is 15.2 Å². The van der Waals surface area contributed by atoms with Gasteiger partial charge in [0.2, 0.25) is 15.9 Å².